The lowest BCUT2D eigenvalue weighted by Gasteiger charge is -2.23. The highest BCUT2D eigenvalue weighted by Gasteiger charge is 2.21. The number of carbonyl (C=O) groups is 1. The van der Waals surface area contributed by atoms with Crippen molar-refractivity contribution >= 4 is 33.4 Å². The highest BCUT2D eigenvalue weighted by Crippen LogP contribution is 2.28. The quantitative estimate of drug-likeness (QED) is 0.816. The molecule has 2 N–H and O–H groups in total. The number of rotatable bonds is 6. The number of benzene rings is 1. The first-order valence-electron chi connectivity index (χ1n) is 6.38. The number of nitrogens with one attached hydrogen (secondary N) is 1. The van der Waals surface area contributed by atoms with Crippen molar-refractivity contribution in [3.05, 3.63) is 27.7 Å². The number of aliphatic hydroxyl groups excluding tert-OH is 1. The van der Waals surface area contributed by atoms with Crippen LogP contribution in [0.1, 0.15) is 20.8 Å². The second-order valence-electron chi connectivity index (χ2n) is 4.88. The number of ether oxygens (including phenoxy) is 1. The van der Waals surface area contributed by atoms with E-state index in [-0.39, 0.29) is 24.5 Å². The van der Waals surface area contributed by atoms with Crippen LogP contribution in [-0.2, 0) is 4.79 Å². The number of carbonyl (C=O) groups excluding carboxylic acids is 1. The Balaban J connectivity index is 2.65. The van der Waals surface area contributed by atoms with Crippen LogP contribution in [0, 0.1) is 5.92 Å². The van der Waals surface area contributed by atoms with E-state index in [0.717, 1.165) is 0 Å². The molecule has 1 amide bonds. The third-order valence-corrected chi connectivity index (χ3v) is 3.75. The summed E-state index contributed by atoms with van der Waals surface area (Å²) in [6.07, 6.45) is -0.666. The zero-order chi connectivity index (χ0) is 15.3. The third kappa shape index (κ3) is 4.96. The molecular weight excluding hydrogens is 346 g/mol. The molecule has 1 aromatic rings. The topological polar surface area (TPSA) is 58.6 Å². The molecule has 4 nitrogen and oxygen atoms in total. The van der Waals surface area contributed by atoms with Crippen LogP contribution in [0.4, 0.5) is 0 Å². The van der Waals surface area contributed by atoms with Gasteiger partial charge in [-0.15, -0.1) is 0 Å². The van der Waals surface area contributed by atoms with Crippen LogP contribution in [0.15, 0.2) is 22.7 Å². The number of hydrogen-bond acceptors (Lipinski definition) is 3. The minimum Gasteiger partial charge on any atom is -0.480 e. The molecule has 0 aliphatic rings. The van der Waals surface area contributed by atoms with Crippen LogP contribution in [-0.4, -0.2) is 29.8 Å². The maximum atomic E-state index is 12.0. The van der Waals surface area contributed by atoms with Crippen LogP contribution >= 0.6 is 27.5 Å². The molecular formula is C14H19BrClNO3. The second kappa shape index (κ2) is 7.86. The molecule has 0 spiro atoms. The summed E-state index contributed by atoms with van der Waals surface area (Å²) in [5.74, 6) is 0.431. The van der Waals surface area contributed by atoms with Crippen molar-refractivity contribution < 1.29 is 14.6 Å². The predicted molar refractivity (Wildman–Crippen MR) is 83.1 cm³/mol. The van der Waals surface area contributed by atoms with Gasteiger partial charge in [0.15, 0.2) is 6.10 Å². The molecule has 2 atom stereocenters. The number of halogens is 2. The van der Waals surface area contributed by atoms with Gasteiger partial charge in [-0.1, -0.05) is 25.4 Å². The van der Waals surface area contributed by atoms with Crippen LogP contribution < -0.4 is 10.1 Å². The number of hydrogen-bond donors (Lipinski definition) is 2. The largest absolute Gasteiger partial charge is 0.480 e. The van der Waals surface area contributed by atoms with Crippen LogP contribution in [0.2, 0.25) is 5.02 Å². The van der Waals surface area contributed by atoms with E-state index in [1.54, 1.807) is 25.1 Å². The zero-order valence-electron chi connectivity index (χ0n) is 11.7. The Morgan fingerprint density at radius 1 is 1.45 bits per heavy atom. The van der Waals surface area contributed by atoms with Crippen molar-refractivity contribution in [3.63, 3.8) is 0 Å². The first-order valence-corrected chi connectivity index (χ1v) is 7.55. The summed E-state index contributed by atoms with van der Waals surface area (Å²) in [7, 11) is 0. The first kappa shape index (κ1) is 17.3. The summed E-state index contributed by atoms with van der Waals surface area (Å²) >= 11 is 9.18. The van der Waals surface area contributed by atoms with Crippen LogP contribution in [0.5, 0.6) is 5.75 Å². The SMILES string of the molecule is CC(Oc1ccc(Cl)cc1Br)C(=O)N[C@H](CO)C(C)C. The summed E-state index contributed by atoms with van der Waals surface area (Å²) < 4.78 is 6.28. The molecule has 1 unspecified atom stereocenters. The Bertz CT molecular complexity index is 468. The van der Waals surface area contributed by atoms with E-state index in [0.29, 0.717) is 15.2 Å². The highest BCUT2D eigenvalue weighted by molar-refractivity contribution is 9.10. The van der Waals surface area contributed by atoms with Gasteiger partial charge in [-0.05, 0) is 47.0 Å². The fourth-order valence-corrected chi connectivity index (χ4v) is 2.31. The van der Waals surface area contributed by atoms with Crippen molar-refractivity contribution in [1.82, 2.24) is 5.32 Å². The van der Waals surface area contributed by atoms with Gasteiger partial charge in [0.1, 0.15) is 5.75 Å². The molecule has 112 valence electrons. The maximum Gasteiger partial charge on any atom is 0.261 e. The summed E-state index contributed by atoms with van der Waals surface area (Å²) in [6.45, 7) is 5.43. The smallest absolute Gasteiger partial charge is 0.261 e. The molecule has 0 bridgehead atoms. The molecule has 0 heterocycles. The van der Waals surface area contributed by atoms with Crippen LogP contribution in [0.3, 0.4) is 0 Å². The van der Waals surface area contributed by atoms with Crippen molar-refractivity contribution in [3.8, 4) is 5.75 Å². The van der Waals surface area contributed by atoms with E-state index in [1.807, 2.05) is 13.8 Å². The average molecular weight is 365 g/mol. The average Bonchev–Trinajstić information content (AvgIpc) is 2.38. The van der Waals surface area contributed by atoms with E-state index in [4.69, 9.17) is 16.3 Å². The summed E-state index contributed by atoms with van der Waals surface area (Å²) in [4.78, 5) is 12.0. The van der Waals surface area contributed by atoms with E-state index >= 15 is 0 Å². The predicted octanol–water partition coefficient (Wildman–Crippen LogP) is 3.00. The second-order valence-corrected chi connectivity index (χ2v) is 6.17. The Morgan fingerprint density at radius 3 is 2.60 bits per heavy atom. The molecule has 0 saturated carbocycles. The monoisotopic (exact) mass is 363 g/mol. The molecule has 0 radical (unpaired) electrons. The number of amides is 1. The molecule has 1 rings (SSSR count). The highest BCUT2D eigenvalue weighted by atomic mass is 79.9. The fraction of sp³-hybridized carbons (Fsp3) is 0.500. The van der Waals surface area contributed by atoms with Crippen molar-refractivity contribution in [2.45, 2.75) is 32.9 Å². The van der Waals surface area contributed by atoms with E-state index in [2.05, 4.69) is 21.2 Å². The molecule has 0 aliphatic heterocycles. The van der Waals surface area contributed by atoms with Crippen molar-refractivity contribution in [1.29, 1.82) is 0 Å². The van der Waals surface area contributed by atoms with Crippen LogP contribution in [0.25, 0.3) is 0 Å². The molecule has 0 saturated heterocycles. The van der Waals surface area contributed by atoms with Gasteiger partial charge >= 0.3 is 0 Å². The molecule has 6 heteroatoms. The summed E-state index contributed by atoms with van der Waals surface area (Å²) in [6, 6.07) is 4.81. The Hall–Kier alpha value is -0.780. The lowest BCUT2D eigenvalue weighted by molar-refractivity contribution is -0.128. The lowest BCUT2D eigenvalue weighted by Crippen LogP contribution is -2.46. The van der Waals surface area contributed by atoms with Gasteiger partial charge in [0.25, 0.3) is 5.91 Å². The fourth-order valence-electron chi connectivity index (χ4n) is 1.54. The molecule has 0 fully saturated rings. The van der Waals surface area contributed by atoms with Crippen molar-refractivity contribution in [2.75, 3.05) is 6.61 Å². The Labute approximate surface area is 132 Å². The van der Waals surface area contributed by atoms with Gasteiger partial charge in [-0.25, -0.2) is 0 Å². The van der Waals surface area contributed by atoms with Gasteiger partial charge < -0.3 is 15.2 Å². The Morgan fingerprint density at radius 2 is 2.10 bits per heavy atom. The molecule has 0 aromatic heterocycles. The summed E-state index contributed by atoms with van der Waals surface area (Å²) in [5.41, 5.74) is 0. The first-order chi connectivity index (χ1) is 9.35. The Kier molecular flexibility index (Phi) is 6.79. The molecule has 1 aromatic carbocycles. The lowest BCUT2D eigenvalue weighted by atomic mass is 10.1. The number of aliphatic hydroxyl groups is 1. The minimum atomic E-state index is -0.666. The third-order valence-electron chi connectivity index (χ3n) is 2.90. The molecule has 20 heavy (non-hydrogen) atoms. The normalized spacial score (nSPS) is 13.9. The minimum absolute atomic E-state index is 0.0965. The maximum absolute atomic E-state index is 12.0. The van der Waals surface area contributed by atoms with Gasteiger partial charge in [0.05, 0.1) is 17.1 Å². The zero-order valence-corrected chi connectivity index (χ0v) is 14.0. The van der Waals surface area contributed by atoms with Gasteiger partial charge in [-0.3, -0.25) is 4.79 Å². The van der Waals surface area contributed by atoms with E-state index in [1.165, 1.54) is 0 Å². The standard InChI is InChI=1S/C14H19BrClNO3/c1-8(2)12(7-18)17-14(19)9(3)20-13-5-4-10(16)6-11(13)15/h4-6,8-9,12,18H,7H2,1-3H3,(H,17,19)/t9?,12-/m1/s1. The molecule has 0 aliphatic carbocycles. The van der Waals surface area contributed by atoms with E-state index in [9.17, 15) is 9.90 Å². The van der Waals surface area contributed by atoms with Gasteiger partial charge in [0.2, 0.25) is 0 Å². The van der Waals surface area contributed by atoms with E-state index < -0.39 is 6.10 Å². The van der Waals surface area contributed by atoms with Gasteiger partial charge in [-0.2, -0.15) is 0 Å². The summed E-state index contributed by atoms with van der Waals surface area (Å²) in [5, 5.41) is 12.6. The van der Waals surface area contributed by atoms with Gasteiger partial charge in [0, 0.05) is 5.02 Å². The van der Waals surface area contributed by atoms with Crippen molar-refractivity contribution in [2.24, 2.45) is 5.92 Å².